The summed E-state index contributed by atoms with van der Waals surface area (Å²) < 4.78 is 4.58. The van der Waals surface area contributed by atoms with Gasteiger partial charge in [-0.1, -0.05) is 0 Å². The molecule has 11 heavy (non-hydrogen) atoms. The molecule has 0 aromatic rings. The minimum atomic E-state index is -1.53. The van der Waals surface area contributed by atoms with E-state index >= 15 is 0 Å². The van der Waals surface area contributed by atoms with Gasteiger partial charge < -0.3 is 20.1 Å². The third-order valence-electron chi connectivity index (χ3n) is 1.65. The van der Waals surface area contributed by atoms with Crippen LogP contribution in [-0.2, 0) is 9.53 Å². The molecule has 5 nitrogen and oxygen atoms in total. The summed E-state index contributed by atoms with van der Waals surface area (Å²) in [6, 6.07) is 0. The van der Waals surface area contributed by atoms with Crippen LogP contribution in [-0.4, -0.2) is 45.7 Å². The molecule has 0 saturated carbocycles. The van der Waals surface area contributed by atoms with Crippen LogP contribution >= 0.6 is 0 Å². The number of ether oxygens (including phenoxy) is 1. The van der Waals surface area contributed by atoms with Gasteiger partial charge >= 0.3 is 0 Å². The fraction of sp³-hybridized carbons (Fsp3) is 0.833. The molecule has 1 aliphatic rings. The monoisotopic (exact) mass is 162 g/mol. The zero-order valence-electron chi connectivity index (χ0n) is 5.97. The minimum Gasteiger partial charge on any atom is -0.385 e. The van der Waals surface area contributed by atoms with Crippen molar-refractivity contribution in [2.45, 2.75) is 31.5 Å². The van der Waals surface area contributed by atoms with Crippen LogP contribution < -0.4 is 0 Å². The van der Waals surface area contributed by atoms with Crippen LogP contribution in [0.4, 0.5) is 0 Å². The Hall–Kier alpha value is -0.490. The summed E-state index contributed by atoms with van der Waals surface area (Å²) in [5.74, 6) is -0.609. The second-order valence-electron chi connectivity index (χ2n) is 2.51. The summed E-state index contributed by atoms with van der Waals surface area (Å²) in [5, 5.41) is 26.7. The quantitative estimate of drug-likeness (QED) is 0.384. The topological polar surface area (TPSA) is 87.0 Å². The number of Topliss-reactive ketones (excluding diaryl/α,β-unsaturated/α-hetero) is 1. The fourth-order valence-electron chi connectivity index (χ4n) is 0.921. The SMILES string of the molecule is CC1O[C@H](O)C(O)C(O)C1=O. The van der Waals surface area contributed by atoms with E-state index in [1.165, 1.54) is 6.92 Å². The van der Waals surface area contributed by atoms with Gasteiger partial charge in [0.05, 0.1) is 0 Å². The predicted molar refractivity (Wildman–Crippen MR) is 33.6 cm³/mol. The zero-order valence-corrected chi connectivity index (χ0v) is 5.97. The molecule has 64 valence electrons. The van der Waals surface area contributed by atoms with Crippen LogP contribution in [0, 0.1) is 0 Å². The Kier molecular flexibility index (Phi) is 2.24. The summed E-state index contributed by atoms with van der Waals surface area (Å²) in [4.78, 5) is 10.8. The number of ketones is 1. The predicted octanol–water partition coefficient (Wildman–Crippen LogP) is -1.99. The Bertz CT molecular complexity index is 168. The molecule has 0 radical (unpaired) electrons. The van der Waals surface area contributed by atoms with Crippen molar-refractivity contribution in [1.29, 1.82) is 0 Å². The molecule has 0 aromatic carbocycles. The van der Waals surface area contributed by atoms with Crippen molar-refractivity contribution in [2.75, 3.05) is 0 Å². The number of aliphatic hydroxyl groups excluding tert-OH is 3. The van der Waals surface area contributed by atoms with Gasteiger partial charge in [-0.15, -0.1) is 0 Å². The van der Waals surface area contributed by atoms with E-state index in [1.54, 1.807) is 0 Å². The summed E-state index contributed by atoms with van der Waals surface area (Å²) in [6.45, 7) is 1.40. The highest BCUT2D eigenvalue weighted by Crippen LogP contribution is 2.14. The van der Waals surface area contributed by atoms with E-state index in [1.807, 2.05) is 0 Å². The molecule has 0 aliphatic carbocycles. The Labute approximate surface area is 63.2 Å². The lowest BCUT2D eigenvalue weighted by Crippen LogP contribution is -2.53. The first-order valence-electron chi connectivity index (χ1n) is 3.27. The summed E-state index contributed by atoms with van der Waals surface area (Å²) >= 11 is 0. The van der Waals surface area contributed by atoms with E-state index in [2.05, 4.69) is 4.74 Å². The highest BCUT2D eigenvalue weighted by Gasteiger charge is 2.40. The Morgan fingerprint density at radius 3 is 2.45 bits per heavy atom. The maximum atomic E-state index is 10.8. The van der Waals surface area contributed by atoms with Gasteiger partial charge in [-0.25, -0.2) is 0 Å². The van der Waals surface area contributed by atoms with Crippen molar-refractivity contribution in [3.05, 3.63) is 0 Å². The highest BCUT2D eigenvalue weighted by atomic mass is 16.6. The van der Waals surface area contributed by atoms with Gasteiger partial charge in [0.15, 0.2) is 12.1 Å². The Morgan fingerprint density at radius 1 is 1.36 bits per heavy atom. The minimum absolute atomic E-state index is 0.609. The maximum absolute atomic E-state index is 10.8. The molecular weight excluding hydrogens is 152 g/mol. The van der Waals surface area contributed by atoms with Gasteiger partial charge in [0.2, 0.25) is 0 Å². The van der Waals surface area contributed by atoms with Crippen LogP contribution in [0.3, 0.4) is 0 Å². The van der Waals surface area contributed by atoms with E-state index in [9.17, 15) is 4.79 Å². The van der Waals surface area contributed by atoms with Crippen molar-refractivity contribution in [2.24, 2.45) is 0 Å². The lowest BCUT2D eigenvalue weighted by atomic mass is 10.0. The molecule has 0 aromatic heterocycles. The standard InChI is InChI=1S/C6H10O5/c1-2-3(7)4(8)5(9)6(10)11-2/h2,4-6,8-10H,1H3/t2?,4?,5?,6-/m0/s1. The normalized spacial score (nSPS) is 46.0. The number of carbonyl (C=O) groups excluding carboxylic acids is 1. The molecule has 1 saturated heterocycles. The van der Waals surface area contributed by atoms with Gasteiger partial charge in [0, 0.05) is 0 Å². The van der Waals surface area contributed by atoms with Crippen LogP contribution in [0.15, 0.2) is 0 Å². The molecule has 0 bridgehead atoms. The van der Waals surface area contributed by atoms with E-state index in [0.29, 0.717) is 0 Å². The van der Waals surface area contributed by atoms with Gasteiger partial charge in [0.25, 0.3) is 0 Å². The number of aliphatic hydroxyl groups is 3. The molecule has 3 N–H and O–H groups in total. The van der Waals surface area contributed by atoms with Gasteiger partial charge in [-0.05, 0) is 6.92 Å². The molecule has 5 heteroatoms. The smallest absolute Gasteiger partial charge is 0.192 e. The van der Waals surface area contributed by atoms with Gasteiger partial charge in [-0.3, -0.25) is 4.79 Å². The average Bonchev–Trinajstić information content (AvgIpc) is 1.97. The van der Waals surface area contributed by atoms with E-state index in [0.717, 1.165) is 0 Å². The van der Waals surface area contributed by atoms with Gasteiger partial charge in [0.1, 0.15) is 18.3 Å². The summed E-state index contributed by atoms with van der Waals surface area (Å²) in [6.07, 6.45) is -5.39. The van der Waals surface area contributed by atoms with Crippen molar-refractivity contribution in [3.8, 4) is 0 Å². The largest absolute Gasteiger partial charge is 0.385 e. The number of carbonyl (C=O) groups is 1. The molecular formula is C6H10O5. The molecule has 0 amide bonds. The maximum Gasteiger partial charge on any atom is 0.192 e. The zero-order chi connectivity index (χ0) is 8.59. The molecule has 1 heterocycles. The molecule has 1 rings (SSSR count). The van der Waals surface area contributed by atoms with Crippen molar-refractivity contribution >= 4 is 5.78 Å². The fourth-order valence-corrected chi connectivity index (χ4v) is 0.921. The molecule has 3 unspecified atom stereocenters. The summed E-state index contributed by atoms with van der Waals surface area (Å²) in [7, 11) is 0. The lowest BCUT2D eigenvalue weighted by Gasteiger charge is -2.31. The first-order valence-corrected chi connectivity index (χ1v) is 3.27. The second-order valence-corrected chi connectivity index (χ2v) is 2.51. The second kappa shape index (κ2) is 2.86. The molecule has 1 fully saturated rings. The average molecular weight is 162 g/mol. The number of hydrogen-bond donors (Lipinski definition) is 3. The lowest BCUT2D eigenvalue weighted by molar-refractivity contribution is -0.232. The Balaban J connectivity index is 2.70. The number of hydrogen-bond acceptors (Lipinski definition) is 5. The van der Waals surface area contributed by atoms with Crippen LogP contribution in [0.25, 0.3) is 0 Å². The number of rotatable bonds is 0. The van der Waals surface area contributed by atoms with Crippen molar-refractivity contribution in [1.82, 2.24) is 0 Å². The van der Waals surface area contributed by atoms with E-state index in [-0.39, 0.29) is 0 Å². The van der Waals surface area contributed by atoms with Gasteiger partial charge in [-0.2, -0.15) is 0 Å². The van der Waals surface area contributed by atoms with E-state index in [4.69, 9.17) is 15.3 Å². The molecule has 4 atom stereocenters. The first-order chi connectivity index (χ1) is 5.04. The van der Waals surface area contributed by atoms with Crippen molar-refractivity contribution in [3.63, 3.8) is 0 Å². The third-order valence-corrected chi connectivity index (χ3v) is 1.65. The summed E-state index contributed by atoms with van der Waals surface area (Å²) in [5.41, 5.74) is 0. The van der Waals surface area contributed by atoms with E-state index < -0.39 is 30.4 Å². The molecule has 0 spiro atoms. The third kappa shape index (κ3) is 1.41. The van der Waals surface area contributed by atoms with Crippen LogP contribution in [0.5, 0.6) is 0 Å². The Morgan fingerprint density at radius 2 is 1.91 bits per heavy atom. The van der Waals surface area contributed by atoms with Crippen molar-refractivity contribution < 1.29 is 24.9 Å². The van der Waals surface area contributed by atoms with Crippen LogP contribution in [0.1, 0.15) is 6.92 Å². The highest BCUT2D eigenvalue weighted by molar-refractivity contribution is 5.88. The first kappa shape index (κ1) is 8.61. The molecule has 1 aliphatic heterocycles. The van der Waals surface area contributed by atoms with Crippen LogP contribution in [0.2, 0.25) is 0 Å².